The lowest BCUT2D eigenvalue weighted by atomic mass is 9.95. The molecule has 198 valence electrons. The summed E-state index contributed by atoms with van der Waals surface area (Å²) in [4.78, 5) is 45.7. The molecule has 1 unspecified atom stereocenters. The first-order valence-electron chi connectivity index (χ1n) is 11.6. The number of esters is 1. The van der Waals surface area contributed by atoms with Gasteiger partial charge in [0.25, 0.3) is 5.91 Å². The second-order valence-corrected chi connectivity index (χ2v) is 10.4. The van der Waals surface area contributed by atoms with E-state index in [-0.39, 0.29) is 27.9 Å². The van der Waals surface area contributed by atoms with Crippen molar-refractivity contribution in [3.05, 3.63) is 98.9 Å². The van der Waals surface area contributed by atoms with Crippen LogP contribution in [0.4, 0.5) is 5.13 Å². The van der Waals surface area contributed by atoms with Crippen LogP contribution in [0, 0.1) is 6.92 Å². The third-order valence-electron chi connectivity index (χ3n) is 6.10. The predicted octanol–water partition coefficient (Wildman–Crippen LogP) is 6.09. The third-order valence-corrected chi connectivity index (χ3v) is 7.76. The molecule has 0 aliphatic carbocycles. The molecule has 39 heavy (non-hydrogen) atoms. The molecule has 0 bridgehead atoms. The third kappa shape index (κ3) is 4.64. The van der Waals surface area contributed by atoms with Gasteiger partial charge in [-0.2, -0.15) is 0 Å². The number of aromatic nitrogens is 1. The Balaban J connectivity index is 1.62. The van der Waals surface area contributed by atoms with Crippen LogP contribution in [-0.2, 0) is 9.53 Å². The monoisotopic (exact) mass is 608 g/mol. The first-order valence-corrected chi connectivity index (χ1v) is 13.2. The number of amides is 1. The molecule has 9 nitrogen and oxygen atoms in total. The SMILES string of the molecule is C=CCOC(=O)c1sc(N2C(=O)C(O)=C(C(=O)c3cc4cccc(OC)c4o3)C2c2ccc(Br)cc2)nc1C. The van der Waals surface area contributed by atoms with Crippen molar-refractivity contribution in [2.24, 2.45) is 0 Å². The number of carbonyl (C=O) groups is 3. The number of rotatable bonds is 8. The van der Waals surface area contributed by atoms with Gasteiger partial charge in [-0.05, 0) is 36.8 Å². The smallest absolute Gasteiger partial charge is 0.350 e. The van der Waals surface area contributed by atoms with E-state index in [4.69, 9.17) is 13.9 Å². The van der Waals surface area contributed by atoms with Gasteiger partial charge in [0.1, 0.15) is 11.5 Å². The summed E-state index contributed by atoms with van der Waals surface area (Å²) in [5.74, 6) is -2.49. The number of ether oxygens (including phenoxy) is 2. The van der Waals surface area contributed by atoms with Crippen molar-refractivity contribution in [3.8, 4) is 5.75 Å². The number of aryl methyl sites for hydroxylation is 1. The second kappa shape index (κ2) is 10.5. The van der Waals surface area contributed by atoms with Crippen LogP contribution in [0.1, 0.15) is 37.5 Å². The molecule has 2 aromatic carbocycles. The highest BCUT2D eigenvalue weighted by molar-refractivity contribution is 9.10. The summed E-state index contributed by atoms with van der Waals surface area (Å²) in [7, 11) is 1.49. The lowest BCUT2D eigenvalue weighted by Crippen LogP contribution is -2.31. The van der Waals surface area contributed by atoms with E-state index in [1.54, 1.807) is 49.4 Å². The minimum absolute atomic E-state index is 0.0128. The van der Waals surface area contributed by atoms with Crippen molar-refractivity contribution in [3.63, 3.8) is 0 Å². The molecule has 4 aromatic rings. The molecule has 1 atom stereocenters. The number of thiazole rings is 1. The highest BCUT2D eigenvalue weighted by Gasteiger charge is 2.47. The second-order valence-electron chi connectivity index (χ2n) is 8.51. The Morgan fingerprint density at radius 2 is 2.00 bits per heavy atom. The molecule has 5 rings (SSSR count). The van der Waals surface area contributed by atoms with E-state index in [0.29, 0.717) is 28.0 Å². The molecule has 1 aliphatic rings. The fourth-order valence-electron chi connectivity index (χ4n) is 4.31. The molecule has 0 saturated heterocycles. The number of para-hydroxylation sites is 1. The fourth-order valence-corrected chi connectivity index (χ4v) is 5.56. The molecular weight excluding hydrogens is 588 g/mol. The van der Waals surface area contributed by atoms with Gasteiger partial charge in [0, 0.05) is 9.86 Å². The Hall–Kier alpha value is -4.22. The van der Waals surface area contributed by atoms with Gasteiger partial charge in [0.15, 0.2) is 28.0 Å². The molecule has 0 fully saturated rings. The topological polar surface area (TPSA) is 119 Å². The largest absolute Gasteiger partial charge is 0.503 e. The van der Waals surface area contributed by atoms with Gasteiger partial charge in [-0.25, -0.2) is 9.78 Å². The van der Waals surface area contributed by atoms with Crippen LogP contribution in [0.25, 0.3) is 11.0 Å². The maximum absolute atomic E-state index is 13.9. The Morgan fingerprint density at radius 1 is 1.26 bits per heavy atom. The van der Waals surface area contributed by atoms with Gasteiger partial charge in [-0.15, -0.1) is 0 Å². The number of carbonyl (C=O) groups excluding carboxylic acids is 3. The van der Waals surface area contributed by atoms with Crippen LogP contribution >= 0.6 is 27.3 Å². The van der Waals surface area contributed by atoms with E-state index in [9.17, 15) is 19.5 Å². The molecule has 1 N–H and O–H groups in total. The predicted molar refractivity (Wildman–Crippen MR) is 148 cm³/mol. The van der Waals surface area contributed by atoms with Crippen LogP contribution in [0.2, 0.25) is 0 Å². The van der Waals surface area contributed by atoms with E-state index in [2.05, 4.69) is 27.5 Å². The number of hydrogen-bond donors (Lipinski definition) is 1. The van der Waals surface area contributed by atoms with Crippen LogP contribution in [0.3, 0.4) is 0 Å². The maximum Gasteiger partial charge on any atom is 0.350 e. The Kier molecular flexibility index (Phi) is 7.11. The van der Waals surface area contributed by atoms with Crippen molar-refractivity contribution in [1.82, 2.24) is 4.98 Å². The standard InChI is InChI=1S/C28H21BrN2O7S/c1-4-12-37-27(35)25-14(2)30-28(39-25)31-21(15-8-10-17(29)11-9-15)20(23(33)26(31)34)22(32)19-13-16-6-5-7-18(36-3)24(16)38-19/h4-11,13,21,33H,1,12H2,2-3H3. The zero-order valence-electron chi connectivity index (χ0n) is 20.8. The number of nitrogens with zero attached hydrogens (tertiary/aromatic N) is 2. The summed E-state index contributed by atoms with van der Waals surface area (Å²) in [5, 5.41) is 11.8. The lowest BCUT2D eigenvalue weighted by molar-refractivity contribution is -0.117. The van der Waals surface area contributed by atoms with E-state index in [0.717, 1.165) is 15.8 Å². The summed E-state index contributed by atoms with van der Waals surface area (Å²) >= 11 is 4.32. The summed E-state index contributed by atoms with van der Waals surface area (Å²) in [6.45, 7) is 5.16. The number of fused-ring (bicyclic) bond motifs is 1. The summed E-state index contributed by atoms with van der Waals surface area (Å²) in [5.41, 5.74) is 1.07. The van der Waals surface area contributed by atoms with Crippen molar-refractivity contribution in [2.75, 3.05) is 18.6 Å². The van der Waals surface area contributed by atoms with Gasteiger partial charge < -0.3 is 19.0 Å². The number of aliphatic hydroxyl groups is 1. The van der Waals surface area contributed by atoms with Crippen LogP contribution in [0.5, 0.6) is 5.75 Å². The van der Waals surface area contributed by atoms with Gasteiger partial charge >= 0.3 is 5.97 Å². The van der Waals surface area contributed by atoms with Gasteiger partial charge in [-0.3, -0.25) is 14.5 Å². The normalized spacial score (nSPS) is 15.2. The van der Waals surface area contributed by atoms with Crippen LogP contribution < -0.4 is 9.64 Å². The fraction of sp³-hybridized carbons (Fsp3) is 0.143. The number of Topliss-reactive ketones (excluding diaryl/α,β-unsaturated/α-hetero) is 1. The molecule has 11 heteroatoms. The summed E-state index contributed by atoms with van der Waals surface area (Å²) in [6, 6.07) is 12.7. The highest BCUT2D eigenvalue weighted by Crippen LogP contribution is 2.44. The number of furan rings is 1. The molecule has 2 aromatic heterocycles. The van der Waals surface area contributed by atoms with E-state index in [1.807, 2.05) is 0 Å². The summed E-state index contributed by atoms with van der Waals surface area (Å²) < 4.78 is 17.1. The van der Waals surface area contributed by atoms with Crippen molar-refractivity contribution in [1.29, 1.82) is 0 Å². The lowest BCUT2D eigenvalue weighted by Gasteiger charge is -2.24. The highest BCUT2D eigenvalue weighted by atomic mass is 79.9. The number of anilines is 1. The number of benzene rings is 2. The zero-order chi connectivity index (χ0) is 27.8. The zero-order valence-corrected chi connectivity index (χ0v) is 23.2. The summed E-state index contributed by atoms with van der Waals surface area (Å²) in [6.07, 6.45) is 1.44. The first-order chi connectivity index (χ1) is 18.7. The van der Waals surface area contributed by atoms with Crippen LogP contribution in [-0.4, -0.2) is 41.5 Å². The number of hydrogen-bond acceptors (Lipinski definition) is 9. The minimum atomic E-state index is -1.05. The average Bonchev–Trinajstić information content (AvgIpc) is 3.61. The van der Waals surface area contributed by atoms with E-state index >= 15 is 0 Å². The van der Waals surface area contributed by atoms with E-state index < -0.39 is 29.5 Å². The van der Waals surface area contributed by atoms with Crippen molar-refractivity contribution >= 4 is 61.0 Å². The maximum atomic E-state index is 13.9. The van der Waals surface area contributed by atoms with Crippen molar-refractivity contribution < 1.29 is 33.4 Å². The molecule has 1 aliphatic heterocycles. The molecule has 0 saturated carbocycles. The Morgan fingerprint density at radius 3 is 2.69 bits per heavy atom. The van der Waals surface area contributed by atoms with Crippen LogP contribution in [0.15, 0.2) is 81.4 Å². The average molecular weight is 609 g/mol. The first kappa shape index (κ1) is 26.4. The molecule has 0 radical (unpaired) electrons. The van der Waals surface area contributed by atoms with Gasteiger partial charge in [0.05, 0.1) is 24.4 Å². The van der Waals surface area contributed by atoms with E-state index in [1.165, 1.54) is 24.2 Å². The van der Waals surface area contributed by atoms with Gasteiger partial charge in [-0.1, -0.05) is 64.2 Å². The molecule has 3 heterocycles. The number of halogens is 1. The Bertz CT molecular complexity index is 1670. The molecule has 0 spiro atoms. The number of methoxy groups -OCH3 is 1. The van der Waals surface area contributed by atoms with Gasteiger partial charge in [0.2, 0.25) is 5.78 Å². The van der Waals surface area contributed by atoms with Crippen molar-refractivity contribution in [2.45, 2.75) is 13.0 Å². The minimum Gasteiger partial charge on any atom is -0.503 e. The molecular formula is C28H21BrN2O7S. The molecule has 1 amide bonds. The number of aliphatic hydroxyl groups excluding tert-OH is 1. The number of ketones is 1. The Labute approximate surface area is 235 Å². The quantitative estimate of drug-likeness (QED) is 0.145.